The van der Waals surface area contributed by atoms with Gasteiger partial charge in [-0.15, -0.1) is 0 Å². The molecular formula is C12H20N4OS. The SMILES string of the molecule is CCCNc1nc(C)cc(C(=O)NCCSC)n1. The average Bonchev–Trinajstić information content (AvgIpc) is 2.36. The number of hydrogen-bond acceptors (Lipinski definition) is 5. The van der Waals surface area contributed by atoms with Gasteiger partial charge in [-0.05, 0) is 25.7 Å². The first-order valence-corrected chi connectivity index (χ1v) is 7.43. The van der Waals surface area contributed by atoms with Crippen molar-refractivity contribution >= 4 is 23.6 Å². The summed E-state index contributed by atoms with van der Waals surface area (Å²) in [5.41, 5.74) is 1.21. The molecule has 0 saturated heterocycles. The monoisotopic (exact) mass is 268 g/mol. The van der Waals surface area contributed by atoms with Crippen molar-refractivity contribution in [3.63, 3.8) is 0 Å². The number of rotatable bonds is 7. The first-order valence-electron chi connectivity index (χ1n) is 6.04. The lowest BCUT2D eigenvalue weighted by Crippen LogP contribution is -2.27. The first-order chi connectivity index (χ1) is 8.67. The number of nitrogens with one attached hydrogen (secondary N) is 2. The van der Waals surface area contributed by atoms with E-state index < -0.39 is 0 Å². The Labute approximate surface area is 112 Å². The van der Waals surface area contributed by atoms with E-state index in [-0.39, 0.29) is 5.91 Å². The molecule has 5 nitrogen and oxygen atoms in total. The van der Waals surface area contributed by atoms with Crippen LogP contribution in [0.3, 0.4) is 0 Å². The summed E-state index contributed by atoms with van der Waals surface area (Å²) in [6.45, 7) is 5.38. The predicted octanol–water partition coefficient (Wildman–Crippen LogP) is 1.70. The van der Waals surface area contributed by atoms with Crippen LogP contribution in [0.1, 0.15) is 29.5 Å². The summed E-state index contributed by atoms with van der Waals surface area (Å²) < 4.78 is 0. The number of hydrogen-bond donors (Lipinski definition) is 2. The van der Waals surface area contributed by atoms with Crippen molar-refractivity contribution in [1.82, 2.24) is 15.3 Å². The quantitative estimate of drug-likeness (QED) is 0.737. The van der Waals surface area contributed by atoms with Crippen molar-refractivity contribution in [3.05, 3.63) is 17.5 Å². The number of aromatic nitrogens is 2. The van der Waals surface area contributed by atoms with Crippen LogP contribution < -0.4 is 10.6 Å². The zero-order chi connectivity index (χ0) is 13.4. The molecule has 0 aromatic carbocycles. The van der Waals surface area contributed by atoms with Gasteiger partial charge in [0.15, 0.2) is 0 Å². The summed E-state index contributed by atoms with van der Waals surface area (Å²) in [5, 5.41) is 5.92. The molecular weight excluding hydrogens is 248 g/mol. The third-order valence-corrected chi connectivity index (χ3v) is 2.82. The summed E-state index contributed by atoms with van der Waals surface area (Å²) in [4.78, 5) is 20.3. The molecule has 0 bridgehead atoms. The van der Waals surface area contributed by atoms with Crippen molar-refractivity contribution < 1.29 is 4.79 Å². The molecule has 100 valence electrons. The molecule has 0 aliphatic carbocycles. The summed E-state index contributed by atoms with van der Waals surface area (Å²) in [6, 6.07) is 1.70. The lowest BCUT2D eigenvalue weighted by Gasteiger charge is -2.07. The topological polar surface area (TPSA) is 66.9 Å². The molecule has 1 aromatic rings. The highest BCUT2D eigenvalue weighted by Gasteiger charge is 2.09. The molecule has 0 atom stereocenters. The van der Waals surface area contributed by atoms with Gasteiger partial charge in [0.05, 0.1) is 0 Å². The van der Waals surface area contributed by atoms with E-state index in [2.05, 4.69) is 27.5 Å². The Kier molecular flexibility index (Phi) is 6.49. The number of nitrogens with zero attached hydrogens (tertiary/aromatic N) is 2. The zero-order valence-corrected chi connectivity index (χ0v) is 11.9. The Morgan fingerprint density at radius 3 is 2.83 bits per heavy atom. The van der Waals surface area contributed by atoms with Crippen molar-refractivity contribution in [3.8, 4) is 0 Å². The van der Waals surface area contributed by atoms with Gasteiger partial charge in [-0.1, -0.05) is 6.92 Å². The van der Waals surface area contributed by atoms with Crippen LogP contribution >= 0.6 is 11.8 Å². The van der Waals surface area contributed by atoms with Crippen LogP contribution in [0.2, 0.25) is 0 Å². The Balaban J connectivity index is 2.69. The first kappa shape index (κ1) is 14.8. The van der Waals surface area contributed by atoms with Crippen LogP contribution in [0.15, 0.2) is 6.07 Å². The van der Waals surface area contributed by atoms with Crippen molar-refractivity contribution in [2.75, 3.05) is 30.4 Å². The smallest absolute Gasteiger partial charge is 0.270 e. The van der Waals surface area contributed by atoms with Gasteiger partial charge in [-0.25, -0.2) is 9.97 Å². The van der Waals surface area contributed by atoms with Gasteiger partial charge in [0.2, 0.25) is 5.95 Å². The highest BCUT2D eigenvalue weighted by atomic mass is 32.2. The Morgan fingerprint density at radius 2 is 2.17 bits per heavy atom. The fourth-order valence-electron chi connectivity index (χ4n) is 1.36. The average molecular weight is 268 g/mol. The largest absolute Gasteiger partial charge is 0.354 e. The van der Waals surface area contributed by atoms with E-state index >= 15 is 0 Å². The molecule has 18 heavy (non-hydrogen) atoms. The summed E-state index contributed by atoms with van der Waals surface area (Å²) >= 11 is 1.70. The third kappa shape index (κ3) is 4.91. The molecule has 1 amide bonds. The van der Waals surface area contributed by atoms with Gasteiger partial charge in [-0.2, -0.15) is 11.8 Å². The molecule has 2 N–H and O–H groups in total. The van der Waals surface area contributed by atoms with Gasteiger partial charge in [-0.3, -0.25) is 4.79 Å². The molecule has 1 rings (SSSR count). The molecule has 0 radical (unpaired) electrons. The Bertz CT molecular complexity index is 398. The molecule has 0 spiro atoms. The number of aryl methyl sites for hydroxylation is 1. The molecule has 0 unspecified atom stereocenters. The van der Waals surface area contributed by atoms with Gasteiger partial charge in [0.25, 0.3) is 5.91 Å². The summed E-state index contributed by atoms with van der Waals surface area (Å²) in [5.74, 6) is 1.28. The lowest BCUT2D eigenvalue weighted by atomic mass is 10.3. The van der Waals surface area contributed by atoms with Crippen LogP contribution in [-0.2, 0) is 0 Å². The molecule has 0 fully saturated rings. The fourth-order valence-corrected chi connectivity index (χ4v) is 1.66. The van der Waals surface area contributed by atoms with Crippen LogP contribution in [-0.4, -0.2) is 41.0 Å². The minimum Gasteiger partial charge on any atom is -0.354 e. The number of carbonyl (C=O) groups is 1. The molecule has 1 heterocycles. The maximum Gasteiger partial charge on any atom is 0.270 e. The number of carbonyl (C=O) groups excluding carboxylic acids is 1. The normalized spacial score (nSPS) is 10.2. The minimum absolute atomic E-state index is 0.144. The van der Waals surface area contributed by atoms with Crippen LogP contribution in [0.4, 0.5) is 5.95 Å². The standard InChI is InChI=1S/C12H20N4OS/c1-4-5-14-12-15-9(2)8-10(16-12)11(17)13-6-7-18-3/h8H,4-7H2,1-3H3,(H,13,17)(H,14,15,16). The van der Waals surface area contributed by atoms with Crippen LogP contribution in [0.25, 0.3) is 0 Å². The van der Waals surface area contributed by atoms with E-state index in [1.807, 2.05) is 13.2 Å². The van der Waals surface area contributed by atoms with Crippen molar-refractivity contribution in [1.29, 1.82) is 0 Å². The second-order valence-corrected chi connectivity index (χ2v) is 4.88. The van der Waals surface area contributed by atoms with E-state index in [0.29, 0.717) is 18.2 Å². The van der Waals surface area contributed by atoms with Gasteiger partial charge in [0.1, 0.15) is 5.69 Å². The van der Waals surface area contributed by atoms with Crippen LogP contribution in [0, 0.1) is 6.92 Å². The molecule has 0 saturated carbocycles. The third-order valence-electron chi connectivity index (χ3n) is 2.21. The summed E-state index contributed by atoms with van der Waals surface area (Å²) in [7, 11) is 0. The number of thioether (sulfide) groups is 1. The van der Waals surface area contributed by atoms with Gasteiger partial charge in [0, 0.05) is 24.5 Å². The van der Waals surface area contributed by atoms with Gasteiger partial charge >= 0.3 is 0 Å². The van der Waals surface area contributed by atoms with Crippen LogP contribution in [0.5, 0.6) is 0 Å². The minimum atomic E-state index is -0.144. The second-order valence-electron chi connectivity index (χ2n) is 3.89. The molecule has 1 aromatic heterocycles. The fraction of sp³-hybridized carbons (Fsp3) is 0.583. The maximum atomic E-state index is 11.9. The Morgan fingerprint density at radius 1 is 1.39 bits per heavy atom. The Hall–Kier alpha value is -1.30. The lowest BCUT2D eigenvalue weighted by molar-refractivity contribution is 0.0951. The van der Waals surface area contributed by atoms with Gasteiger partial charge < -0.3 is 10.6 Å². The highest BCUT2D eigenvalue weighted by molar-refractivity contribution is 7.98. The van der Waals surface area contributed by atoms with Crippen molar-refractivity contribution in [2.24, 2.45) is 0 Å². The number of anilines is 1. The highest BCUT2D eigenvalue weighted by Crippen LogP contribution is 2.05. The predicted molar refractivity (Wildman–Crippen MR) is 76.3 cm³/mol. The molecule has 0 aliphatic heterocycles. The van der Waals surface area contributed by atoms with Crippen molar-refractivity contribution in [2.45, 2.75) is 20.3 Å². The molecule has 0 aliphatic rings. The van der Waals surface area contributed by atoms with E-state index in [1.165, 1.54) is 0 Å². The second kappa shape index (κ2) is 7.92. The van der Waals surface area contributed by atoms with E-state index in [4.69, 9.17) is 0 Å². The van der Waals surface area contributed by atoms with E-state index in [9.17, 15) is 4.79 Å². The zero-order valence-electron chi connectivity index (χ0n) is 11.1. The number of amides is 1. The van der Waals surface area contributed by atoms with E-state index in [1.54, 1.807) is 17.8 Å². The molecule has 6 heteroatoms. The summed E-state index contributed by atoms with van der Waals surface area (Å²) in [6.07, 6.45) is 3.00. The van der Waals surface area contributed by atoms with E-state index in [0.717, 1.165) is 24.4 Å². The maximum absolute atomic E-state index is 11.9.